The average molecular weight is 475 g/mol. The number of imidazole rings is 1. The highest BCUT2D eigenvalue weighted by Crippen LogP contribution is 2.39. The number of para-hydroxylation sites is 3. The molecule has 0 saturated heterocycles. The minimum atomic E-state index is 0.344. The molecule has 0 radical (unpaired) electrons. The maximum atomic E-state index is 6.59. The zero-order valence-electron chi connectivity index (χ0n) is 21.8. The van der Waals surface area contributed by atoms with Gasteiger partial charge >= 0.3 is 0 Å². The summed E-state index contributed by atoms with van der Waals surface area (Å²) in [7, 11) is 2.15. The number of benzene rings is 3. The van der Waals surface area contributed by atoms with Crippen LogP contribution in [0.5, 0.6) is 0 Å². The number of fused-ring (bicyclic) bond motifs is 4. The van der Waals surface area contributed by atoms with E-state index >= 15 is 0 Å². The van der Waals surface area contributed by atoms with E-state index in [2.05, 4.69) is 124 Å². The second-order valence-corrected chi connectivity index (χ2v) is 10.4. The van der Waals surface area contributed by atoms with Crippen LogP contribution in [0.4, 0.5) is 0 Å². The second kappa shape index (κ2) is 8.34. The van der Waals surface area contributed by atoms with Crippen molar-refractivity contribution in [1.29, 1.82) is 0 Å². The first kappa shape index (κ1) is 22.5. The number of furan rings is 1. The molecule has 0 aliphatic carbocycles. The predicted octanol–water partition coefficient (Wildman–Crippen LogP) is 7.97. The molecule has 0 amide bonds. The lowest BCUT2D eigenvalue weighted by molar-refractivity contribution is -0.633. The van der Waals surface area contributed by atoms with E-state index in [4.69, 9.17) is 9.40 Å². The Morgan fingerprint density at radius 1 is 0.806 bits per heavy atom. The third kappa shape index (κ3) is 3.28. The summed E-state index contributed by atoms with van der Waals surface area (Å²) >= 11 is 0. The smallest absolute Gasteiger partial charge is 0.298 e. The Balaban J connectivity index is 1.77. The van der Waals surface area contributed by atoms with Crippen molar-refractivity contribution in [2.24, 2.45) is 7.05 Å². The number of aromatic nitrogens is 3. The van der Waals surface area contributed by atoms with Gasteiger partial charge in [0, 0.05) is 22.0 Å². The quantitative estimate of drug-likeness (QED) is 0.243. The molecule has 6 rings (SSSR count). The molecule has 0 spiro atoms. The SMILES string of the molecule is Cc1ccc2c(oc3nc(C(C)C)ccc32)c1-c1n(-c2ccccc2C(C)C)c2ccccc2[n+]1C. The van der Waals surface area contributed by atoms with Crippen LogP contribution in [-0.4, -0.2) is 9.55 Å². The molecule has 4 nitrogen and oxygen atoms in total. The van der Waals surface area contributed by atoms with Crippen LogP contribution in [0, 0.1) is 6.92 Å². The van der Waals surface area contributed by atoms with Crippen molar-refractivity contribution in [1.82, 2.24) is 9.55 Å². The zero-order chi connectivity index (χ0) is 25.1. The summed E-state index contributed by atoms with van der Waals surface area (Å²) < 4.78 is 11.3. The molecule has 4 heteroatoms. The molecular formula is C32H32N3O+. The van der Waals surface area contributed by atoms with Crippen molar-refractivity contribution in [3.63, 3.8) is 0 Å². The van der Waals surface area contributed by atoms with E-state index in [9.17, 15) is 0 Å². The third-order valence-electron chi connectivity index (χ3n) is 7.37. The van der Waals surface area contributed by atoms with Gasteiger partial charge in [0.15, 0.2) is 16.6 Å². The van der Waals surface area contributed by atoms with Gasteiger partial charge in [0.2, 0.25) is 5.71 Å². The largest absolute Gasteiger partial charge is 0.437 e. The lowest BCUT2D eigenvalue weighted by Crippen LogP contribution is -2.30. The minimum Gasteiger partial charge on any atom is -0.437 e. The molecule has 0 fully saturated rings. The molecule has 0 saturated carbocycles. The van der Waals surface area contributed by atoms with E-state index in [0.29, 0.717) is 17.5 Å². The van der Waals surface area contributed by atoms with E-state index in [1.165, 1.54) is 27.8 Å². The van der Waals surface area contributed by atoms with Crippen molar-refractivity contribution in [3.8, 4) is 17.1 Å². The summed E-state index contributed by atoms with van der Waals surface area (Å²) in [6.07, 6.45) is 0. The third-order valence-corrected chi connectivity index (χ3v) is 7.37. The molecule has 3 heterocycles. The Morgan fingerprint density at radius 2 is 1.53 bits per heavy atom. The molecule has 0 aliphatic heterocycles. The number of nitrogens with zero attached hydrogens (tertiary/aromatic N) is 3. The maximum absolute atomic E-state index is 6.59. The summed E-state index contributed by atoms with van der Waals surface area (Å²) in [5.41, 5.74) is 9.79. The fourth-order valence-electron chi connectivity index (χ4n) is 5.45. The number of aryl methyl sites for hydroxylation is 2. The van der Waals surface area contributed by atoms with Gasteiger partial charge in [0.05, 0.1) is 7.05 Å². The van der Waals surface area contributed by atoms with Crippen LogP contribution < -0.4 is 4.57 Å². The summed E-state index contributed by atoms with van der Waals surface area (Å²) in [6.45, 7) is 11.0. The van der Waals surface area contributed by atoms with Crippen molar-refractivity contribution < 1.29 is 8.98 Å². The van der Waals surface area contributed by atoms with Crippen molar-refractivity contribution in [3.05, 3.63) is 89.6 Å². The molecule has 36 heavy (non-hydrogen) atoms. The molecular weight excluding hydrogens is 442 g/mol. The number of pyridine rings is 1. The van der Waals surface area contributed by atoms with Gasteiger partial charge in [-0.05, 0) is 54.7 Å². The summed E-state index contributed by atoms with van der Waals surface area (Å²) in [5.74, 6) is 1.84. The van der Waals surface area contributed by atoms with Gasteiger partial charge in [-0.15, -0.1) is 0 Å². The summed E-state index contributed by atoms with van der Waals surface area (Å²) in [5, 5.41) is 2.16. The molecule has 3 aromatic carbocycles. The van der Waals surface area contributed by atoms with E-state index in [0.717, 1.165) is 33.4 Å². The van der Waals surface area contributed by atoms with E-state index in [1.807, 2.05) is 0 Å². The van der Waals surface area contributed by atoms with Crippen molar-refractivity contribution >= 4 is 33.1 Å². The molecule has 0 bridgehead atoms. The molecule has 0 N–H and O–H groups in total. The van der Waals surface area contributed by atoms with E-state index in [1.54, 1.807) is 0 Å². The van der Waals surface area contributed by atoms with Gasteiger partial charge < -0.3 is 4.42 Å². The van der Waals surface area contributed by atoms with Gasteiger partial charge in [-0.25, -0.2) is 9.55 Å². The highest BCUT2D eigenvalue weighted by atomic mass is 16.3. The van der Waals surface area contributed by atoms with Crippen LogP contribution in [0.1, 0.15) is 56.4 Å². The van der Waals surface area contributed by atoms with Crippen molar-refractivity contribution in [2.75, 3.05) is 0 Å². The van der Waals surface area contributed by atoms with Crippen LogP contribution in [0.2, 0.25) is 0 Å². The van der Waals surface area contributed by atoms with Crippen LogP contribution in [0.15, 0.2) is 77.2 Å². The van der Waals surface area contributed by atoms with Gasteiger partial charge in [-0.2, -0.15) is 4.57 Å². The maximum Gasteiger partial charge on any atom is 0.298 e. The zero-order valence-corrected chi connectivity index (χ0v) is 21.8. The summed E-state index contributed by atoms with van der Waals surface area (Å²) in [4.78, 5) is 4.88. The van der Waals surface area contributed by atoms with Gasteiger partial charge in [-0.1, -0.05) is 70.2 Å². The van der Waals surface area contributed by atoms with Gasteiger partial charge in [-0.3, -0.25) is 0 Å². The Labute approximate surface area is 211 Å². The molecule has 3 aromatic heterocycles. The van der Waals surface area contributed by atoms with Crippen LogP contribution >= 0.6 is 0 Å². The number of hydrogen-bond acceptors (Lipinski definition) is 2. The monoisotopic (exact) mass is 474 g/mol. The highest BCUT2D eigenvalue weighted by molar-refractivity contribution is 6.09. The fraction of sp³-hybridized carbons (Fsp3) is 0.250. The average Bonchev–Trinajstić information content (AvgIpc) is 3.38. The van der Waals surface area contributed by atoms with Crippen LogP contribution in [0.3, 0.4) is 0 Å². The minimum absolute atomic E-state index is 0.344. The summed E-state index contributed by atoms with van der Waals surface area (Å²) in [6, 6.07) is 26.0. The van der Waals surface area contributed by atoms with E-state index < -0.39 is 0 Å². The van der Waals surface area contributed by atoms with Crippen LogP contribution in [-0.2, 0) is 7.05 Å². The Kier molecular flexibility index (Phi) is 5.22. The van der Waals surface area contributed by atoms with Crippen LogP contribution in [0.25, 0.3) is 50.2 Å². The lowest BCUT2D eigenvalue weighted by Gasteiger charge is -2.12. The standard InChI is InChI=1S/C32H32N3O/c1-19(2)22-11-7-8-12-26(22)35-28-14-10-9-13-27(28)34(6)32(35)29-21(5)15-16-23-24-17-18-25(20(3)4)33-31(24)36-30(23)29/h7-20H,1-6H3/q+1. The normalized spacial score (nSPS) is 12.1. The first-order chi connectivity index (χ1) is 17.4. The number of hydrogen-bond donors (Lipinski definition) is 0. The highest BCUT2D eigenvalue weighted by Gasteiger charge is 2.31. The fourth-order valence-corrected chi connectivity index (χ4v) is 5.45. The first-order valence-electron chi connectivity index (χ1n) is 12.8. The molecule has 6 aromatic rings. The Bertz CT molecular complexity index is 1770. The topological polar surface area (TPSA) is 34.8 Å². The molecule has 0 unspecified atom stereocenters. The number of rotatable bonds is 4. The lowest BCUT2D eigenvalue weighted by atomic mass is 10.00. The van der Waals surface area contributed by atoms with Gasteiger partial charge in [0.25, 0.3) is 5.82 Å². The van der Waals surface area contributed by atoms with E-state index in [-0.39, 0.29) is 0 Å². The second-order valence-electron chi connectivity index (χ2n) is 10.4. The molecule has 0 aliphatic rings. The first-order valence-corrected chi connectivity index (χ1v) is 12.8. The van der Waals surface area contributed by atoms with Gasteiger partial charge in [0.1, 0.15) is 11.3 Å². The van der Waals surface area contributed by atoms with Crippen molar-refractivity contribution in [2.45, 2.75) is 46.5 Å². The predicted molar refractivity (Wildman–Crippen MR) is 148 cm³/mol. The Morgan fingerprint density at radius 3 is 2.31 bits per heavy atom. The molecule has 180 valence electrons. The molecule has 0 atom stereocenters. The Hall–Kier alpha value is -3.92.